The molecule has 0 saturated heterocycles. The number of aromatic nitrogens is 1. The summed E-state index contributed by atoms with van der Waals surface area (Å²) < 4.78 is 51.9. The number of rotatable bonds is 3. The van der Waals surface area contributed by atoms with Crippen molar-refractivity contribution in [3.05, 3.63) is 65.6 Å². The van der Waals surface area contributed by atoms with Crippen LogP contribution >= 0.6 is 0 Å². The van der Waals surface area contributed by atoms with E-state index >= 15 is 0 Å². The monoisotopic (exact) mass is 336 g/mol. The van der Waals surface area contributed by atoms with Crippen molar-refractivity contribution in [2.75, 3.05) is 5.32 Å². The van der Waals surface area contributed by atoms with Crippen molar-refractivity contribution in [1.82, 2.24) is 4.98 Å². The van der Waals surface area contributed by atoms with Crippen molar-refractivity contribution in [2.24, 2.45) is 0 Å². The zero-order valence-corrected chi connectivity index (χ0v) is 12.2. The van der Waals surface area contributed by atoms with E-state index in [9.17, 15) is 22.4 Å². The highest BCUT2D eigenvalue weighted by molar-refractivity contribution is 5.96. The summed E-state index contributed by atoms with van der Waals surface area (Å²) in [4.78, 5) is 14.9. The van der Waals surface area contributed by atoms with Crippen LogP contribution in [0.2, 0.25) is 0 Å². The van der Waals surface area contributed by atoms with E-state index in [4.69, 9.17) is 0 Å². The third-order valence-electron chi connectivity index (χ3n) is 3.59. The fraction of sp³-hybridized carbons (Fsp3) is 0.118. The highest BCUT2D eigenvalue weighted by Crippen LogP contribution is 2.34. The number of carbonyl (C=O) groups is 1. The minimum absolute atomic E-state index is 0.127. The van der Waals surface area contributed by atoms with Crippen LogP contribution in [0.25, 0.3) is 10.9 Å². The first-order valence-electron chi connectivity index (χ1n) is 7.06. The van der Waals surface area contributed by atoms with E-state index in [1.807, 2.05) is 0 Å². The van der Waals surface area contributed by atoms with Crippen LogP contribution in [0.3, 0.4) is 0 Å². The number of anilines is 1. The van der Waals surface area contributed by atoms with Gasteiger partial charge in [0.05, 0.1) is 17.7 Å². The molecule has 0 atom stereocenters. The van der Waals surface area contributed by atoms with Crippen molar-refractivity contribution in [2.45, 2.75) is 12.6 Å². The predicted octanol–water partition coefficient (Wildman–Crippen LogP) is 4.51. The number of benzene rings is 2. The van der Waals surface area contributed by atoms with Crippen LogP contribution in [0, 0.1) is 5.82 Å². The molecule has 1 heterocycles. The standard InChI is InChI=1S/C17H12F4N2O/c18-11-5-6-12-10(9-22-15(12)8-11)7-16(24)23-14-4-2-1-3-13(14)17(19,20)21/h1-6,8-9,22H,7H2,(H,23,24). The summed E-state index contributed by atoms with van der Waals surface area (Å²) in [5.41, 5.74) is -0.0966. The van der Waals surface area contributed by atoms with E-state index in [0.717, 1.165) is 6.07 Å². The predicted molar refractivity (Wildman–Crippen MR) is 82.0 cm³/mol. The third-order valence-corrected chi connectivity index (χ3v) is 3.59. The number of alkyl halides is 3. The fourth-order valence-corrected chi connectivity index (χ4v) is 2.51. The molecule has 0 fully saturated rings. The van der Waals surface area contributed by atoms with Gasteiger partial charge in [0.2, 0.25) is 5.91 Å². The molecule has 2 aromatic carbocycles. The van der Waals surface area contributed by atoms with Crippen LogP contribution in [0.4, 0.5) is 23.2 Å². The van der Waals surface area contributed by atoms with Gasteiger partial charge in [0.15, 0.2) is 0 Å². The first-order chi connectivity index (χ1) is 11.3. The average molecular weight is 336 g/mol. The second-order valence-corrected chi connectivity index (χ2v) is 5.27. The normalized spacial score (nSPS) is 11.7. The molecule has 0 unspecified atom stereocenters. The van der Waals surface area contributed by atoms with E-state index in [-0.39, 0.29) is 12.1 Å². The first-order valence-corrected chi connectivity index (χ1v) is 7.06. The number of fused-ring (bicyclic) bond motifs is 1. The SMILES string of the molecule is O=C(Cc1c[nH]c2cc(F)ccc12)Nc1ccccc1C(F)(F)F. The average Bonchev–Trinajstić information content (AvgIpc) is 2.88. The number of amides is 1. The lowest BCUT2D eigenvalue weighted by Crippen LogP contribution is -2.18. The van der Waals surface area contributed by atoms with Gasteiger partial charge < -0.3 is 10.3 Å². The summed E-state index contributed by atoms with van der Waals surface area (Å²) in [5.74, 6) is -1.00. The quantitative estimate of drug-likeness (QED) is 0.679. The highest BCUT2D eigenvalue weighted by atomic mass is 19.4. The molecule has 3 aromatic rings. The maximum atomic E-state index is 13.1. The second-order valence-electron chi connectivity index (χ2n) is 5.27. The molecule has 0 bridgehead atoms. The van der Waals surface area contributed by atoms with E-state index in [2.05, 4.69) is 10.3 Å². The summed E-state index contributed by atoms with van der Waals surface area (Å²) >= 11 is 0. The molecule has 3 nitrogen and oxygen atoms in total. The minimum atomic E-state index is -4.55. The Balaban J connectivity index is 1.81. The lowest BCUT2D eigenvalue weighted by Gasteiger charge is -2.13. The maximum absolute atomic E-state index is 13.1. The number of para-hydroxylation sites is 1. The van der Waals surface area contributed by atoms with Gasteiger partial charge in [-0.3, -0.25) is 4.79 Å². The summed E-state index contributed by atoms with van der Waals surface area (Å²) in [6.07, 6.45) is -3.14. The molecular formula is C17H12F4N2O. The van der Waals surface area contributed by atoms with Gasteiger partial charge in [0.1, 0.15) is 5.82 Å². The molecule has 1 aromatic heterocycles. The van der Waals surface area contributed by atoms with E-state index in [1.165, 1.54) is 36.4 Å². The number of aromatic amines is 1. The van der Waals surface area contributed by atoms with Gasteiger partial charge in [0.25, 0.3) is 0 Å². The molecule has 7 heteroatoms. The van der Waals surface area contributed by atoms with Gasteiger partial charge in [-0.05, 0) is 35.9 Å². The molecule has 1 amide bonds. The molecule has 24 heavy (non-hydrogen) atoms. The number of H-pyrrole nitrogens is 1. The lowest BCUT2D eigenvalue weighted by molar-refractivity contribution is -0.137. The number of nitrogens with one attached hydrogen (secondary N) is 2. The van der Waals surface area contributed by atoms with Crippen molar-refractivity contribution >= 4 is 22.5 Å². The van der Waals surface area contributed by atoms with Crippen LogP contribution in [-0.2, 0) is 17.4 Å². The molecule has 2 N–H and O–H groups in total. The fourth-order valence-electron chi connectivity index (χ4n) is 2.51. The summed E-state index contributed by atoms with van der Waals surface area (Å²) in [7, 11) is 0. The molecule has 0 spiro atoms. The Hall–Kier alpha value is -2.83. The molecule has 0 saturated carbocycles. The van der Waals surface area contributed by atoms with Gasteiger partial charge in [-0.2, -0.15) is 13.2 Å². The summed E-state index contributed by atoms with van der Waals surface area (Å²) in [6.45, 7) is 0. The van der Waals surface area contributed by atoms with Crippen molar-refractivity contribution in [3.63, 3.8) is 0 Å². The largest absolute Gasteiger partial charge is 0.418 e. The van der Waals surface area contributed by atoms with Crippen molar-refractivity contribution in [3.8, 4) is 0 Å². The minimum Gasteiger partial charge on any atom is -0.361 e. The van der Waals surface area contributed by atoms with Crippen LogP contribution in [0.1, 0.15) is 11.1 Å². The lowest BCUT2D eigenvalue weighted by atomic mass is 10.1. The van der Waals surface area contributed by atoms with Crippen LogP contribution < -0.4 is 5.32 Å². The molecule has 0 aliphatic carbocycles. The Morgan fingerprint density at radius 3 is 2.62 bits per heavy atom. The van der Waals surface area contributed by atoms with Crippen LogP contribution in [0.5, 0.6) is 0 Å². The Kier molecular flexibility index (Phi) is 4.01. The van der Waals surface area contributed by atoms with Gasteiger partial charge >= 0.3 is 6.18 Å². The number of carbonyl (C=O) groups excluding carboxylic acids is 1. The van der Waals surface area contributed by atoms with Gasteiger partial charge in [-0.25, -0.2) is 4.39 Å². The van der Waals surface area contributed by atoms with E-state index in [1.54, 1.807) is 6.20 Å². The van der Waals surface area contributed by atoms with Crippen LogP contribution in [0.15, 0.2) is 48.7 Å². The summed E-state index contributed by atoms with van der Waals surface area (Å²) in [6, 6.07) is 8.85. The maximum Gasteiger partial charge on any atom is 0.418 e. The number of hydrogen-bond donors (Lipinski definition) is 2. The molecule has 124 valence electrons. The second kappa shape index (κ2) is 5.99. The Labute approximate surface area is 134 Å². The molecule has 0 radical (unpaired) electrons. The molecule has 3 rings (SSSR count). The number of halogens is 4. The van der Waals surface area contributed by atoms with E-state index in [0.29, 0.717) is 16.5 Å². The van der Waals surface area contributed by atoms with E-state index < -0.39 is 23.5 Å². The van der Waals surface area contributed by atoms with Gasteiger partial charge in [-0.15, -0.1) is 0 Å². The molecule has 0 aliphatic heterocycles. The number of hydrogen-bond acceptors (Lipinski definition) is 1. The van der Waals surface area contributed by atoms with Gasteiger partial charge in [0, 0.05) is 17.1 Å². The zero-order chi connectivity index (χ0) is 17.3. The highest BCUT2D eigenvalue weighted by Gasteiger charge is 2.33. The van der Waals surface area contributed by atoms with Crippen LogP contribution in [-0.4, -0.2) is 10.9 Å². The zero-order valence-electron chi connectivity index (χ0n) is 12.2. The third kappa shape index (κ3) is 3.24. The summed E-state index contributed by atoms with van der Waals surface area (Å²) in [5, 5.41) is 2.93. The van der Waals surface area contributed by atoms with Crippen molar-refractivity contribution in [1.29, 1.82) is 0 Å². The molecule has 0 aliphatic rings. The smallest absolute Gasteiger partial charge is 0.361 e. The first kappa shape index (κ1) is 16.0. The van der Waals surface area contributed by atoms with Crippen molar-refractivity contribution < 1.29 is 22.4 Å². The Morgan fingerprint density at radius 2 is 1.88 bits per heavy atom. The topological polar surface area (TPSA) is 44.9 Å². The Morgan fingerprint density at radius 1 is 1.12 bits per heavy atom. The Bertz CT molecular complexity index is 899. The van der Waals surface area contributed by atoms with Gasteiger partial charge in [-0.1, -0.05) is 12.1 Å². The molecular weight excluding hydrogens is 324 g/mol.